The first-order valence-corrected chi connectivity index (χ1v) is 6.87. The second-order valence-corrected chi connectivity index (χ2v) is 5.88. The van der Waals surface area contributed by atoms with Gasteiger partial charge in [0.05, 0.1) is 17.7 Å². The molecule has 0 aliphatic carbocycles. The van der Waals surface area contributed by atoms with Crippen molar-refractivity contribution in [2.75, 3.05) is 19.6 Å². The van der Waals surface area contributed by atoms with E-state index in [0.717, 1.165) is 45.3 Å². The topological polar surface area (TPSA) is 41.6 Å². The minimum absolute atomic E-state index is 0.289. The van der Waals surface area contributed by atoms with Crippen molar-refractivity contribution in [2.24, 2.45) is 0 Å². The van der Waals surface area contributed by atoms with Gasteiger partial charge in [-0.25, -0.2) is 0 Å². The third-order valence-corrected chi connectivity index (χ3v) is 4.42. The first kappa shape index (κ1) is 11.5. The molecule has 96 valence electrons. The first-order chi connectivity index (χ1) is 8.17. The second-order valence-electron chi connectivity index (χ2n) is 5.88. The van der Waals surface area contributed by atoms with Crippen molar-refractivity contribution >= 4 is 5.91 Å². The molecule has 4 nitrogen and oxygen atoms in total. The van der Waals surface area contributed by atoms with Crippen LogP contribution in [-0.4, -0.2) is 48.2 Å². The number of fused-ring (bicyclic) bond motifs is 2. The van der Waals surface area contributed by atoms with E-state index in [9.17, 15) is 4.79 Å². The summed E-state index contributed by atoms with van der Waals surface area (Å²) in [5, 5.41) is 3.41. The number of piperidine rings is 1. The van der Waals surface area contributed by atoms with Crippen LogP contribution in [-0.2, 0) is 9.53 Å². The van der Waals surface area contributed by atoms with E-state index in [0.29, 0.717) is 12.2 Å². The van der Waals surface area contributed by atoms with Crippen LogP contribution in [0, 0.1) is 0 Å². The normalized spacial score (nSPS) is 41.6. The van der Waals surface area contributed by atoms with Gasteiger partial charge in [0.1, 0.15) is 0 Å². The maximum Gasteiger partial charge on any atom is 0.242 e. The van der Waals surface area contributed by atoms with Crippen molar-refractivity contribution in [1.29, 1.82) is 0 Å². The van der Waals surface area contributed by atoms with Gasteiger partial charge in [0, 0.05) is 13.1 Å². The number of morpholine rings is 1. The van der Waals surface area contributed by atoms with E-state index in [-0.39, 0.29) is 11.4 Å². The molecular weight excluding hydrogens is 216 g/mol. The Labute approximate surface area is 103 Å². The molecule has 1 amide bonds. The summed E-state index contributed by atoms with van der Waals surface area (Å²) in [4.78, 5) is 14.6. The van der Waals surface area contributed by atoms with E-state index in [1.807, 2.05) is 4.90 Å². The summed E-state index contributed by atoms with van der Waals surface area (Å²) in [6.45, 7) is 4.63. The monoisotopic (exact) mass is 238 g/mol. The first-order valence-electron chi connectivity index (χ1n) is 6.87. The second kappa shape index (κ2) is 4.25. The van der Waals surface area contributed by atoms with Crippen LogP contribution < -0.4 is 5.32 Å². The van der Waals surface area contributed by atoms with Crippen LogP contribution >= 0.6 is 0 Å². The lowest BCUT2D eigenvalue weighted by Crippen LogP contribution is -2.60. The number of amides is 1. The van der Waals surface area contributed by atoms with E-state index < -0.39 is 0 Å². The maximum absolute atomic E-state index is 12.6. The molecule has 3 rings (SSSR count). The molecule has 3 unspecified atom stereocenters. The standard InChI is InChI=1S/C13H22N2O2/c1-13(6-2-3-7-14-13)12(16)15-8-10-4-5-11(9-15)17-10/h10-11,14H,2-9H2,1H3. The lowest BCUT2D eigenvalue weighted by Gasteiger charge is -2.41. The molecule has 3 heterocycles. The number of hydrogen-bond donors (Lipinski definition) is 1. The van der Waals surface area contributed by atoms with E-state index in [1.54, 1.807) is 0 Å². The maximum atomic E-state index is 12.6. The van der Waals surface area contributed by atoms with Crippen LogP contribution in [0.1, 0.15) is 39.0 Å². The number of nitrogens with zero attached hydrogens (tertiary/aromatic N) is 1. The third-order valence-electron chi connectivity index (χ3n) is 4.42. The fourth-order valence-electron chi connectivity index (χ4n) is 3.37. The Balaban J connectivity index is 1.69. The largest absolute Gasteiger partial charge is 0.371 e. The molecule has 4 heteroatoms. The average Bonchev–Trinajstić information content (AvgIpc) is 2.68. The highest BCUT2D eigenvalue weighted by Gasteiger charge is 2.42. The number of rotatable bonds is 1. The summed E-state index contributed by atoms with van der Waals surface area (Å²) in [5.74, 6) is 0.289. The Bertz CT molecular complexity index is 301. The van der Waals surface area contributed by atoms with Crippen LogP contribution in [0.15, 0.2) is 0 Å². The molecule has 3 fully saturated rings. The Morgan fingerprint density at radius 3 is 2.59 bits per heavy atom. The lowest BCUT2D eigenvalue weighted by atomic mass is 9.89. The van der Waals surface area contributed by atoms with Crippen LogP contribution in [0.3, 0.4) is 0 Å². The predicted octanol–water partition coefficient (Wildman–Crippen LogP) is 0.908. The number of carbonyl (C=O) groups excluding carboxylic acids is 1. The molecule has 0 radical (unpaired) electrons. The van der Waals surface area contributed by atoms with E-state index >= 15 is 0 Å². The number of hydrogen-bond acceptors (Lipinski definition) is 3. The van der Waals surface area contributed by atoms with Gasteiger partial charge in [0.25, 0.3) is 0 Å². The summed E-state index contributed by atoms with van der Waals surface area (Å²) in [6, 6.07) is 0. The van der Waals surface area contributed by atoms with Crippen LogP contribution in [0.25, 0.3) is 0 Å². The summed E-state index contributed by atoms with van der Waals surface area (Å²) >= 11 is 0. The Hall–Kier alpha value is -0.610. The zero-order chi connectivity index (χ0) is 11.9. The highest BCUT2D eigenvalue weighted by atomic mass is 16.5. The van der Waals surface area contributed by atoms with Gasteiger partial charge in [-0.3, -0.25) is 4.79 Å². The predicted molar refractivity (Wildman–Crippen MR) is 64.7 cm³/mol. The van der Waals surface area contributed by atoms with Gasteiger partial charge >= 0.3 is 0 Å². The van der Waals surface area contributed by atoms with Crippen LogP contribution in [0.2, 0.25) is 0 Å². The molecule has 3 saturated heterocycles. The zero-order valence-corrected chi connectivity index (χ0v) is 10.6. The molecule has 1 N–H and O–H groups in total. The van der Waals surface area contributed by atoms with Gasteiger partial charge in [-0.2, -0.15) is 0 Å². The molecule has 2 bridgehead atoms. The van der Waals surface area contributed by atoms with E-state index in [2.05, 4.69) is 12.2 Å². The Morgan fingerprint density at radius 2 is 2.00 bits per heavy atom. The van der Waals surface area contributed by atoms with E-state index in [4.69, 9.17) is 4.74 Å². The highest BCUT2D eigenvalue weighted by Crippen LogP contribution is 2.29. The molecule has 0 aromatic rings. The molecule has 3 aliphatic heterocycles. The number of carbonyl (C=O) groups is 1. The minimum atomic E-state index is -0.324. The molecule has 3 atom stereocenters. The molecule has 0 aromatic heterocycles. The summed E-state index contributed by atoms with van der Waals surface area (Å²) < 4.78 is 5.78. The fraction of sp³-hybridized carbons (Fsp3) is 0.923. The molecular formula is C13H22N2O2. The Morgan fingerprint density at radius 1 is 1.29 bits per heavy atom. The smallest absolute Gasteiger partial charge is 0.242 e. The Kier molecular flexibility index (Phi) is 2.87. The number of likely N-dealkylation sites (tertiary alicyclic amines) is 1. The van der Waals surface area contributed by atoms with Gasteiger partial charge in [-0.05, 0) is 45.6 Å². The molecule has 0 saturated carbocycles. The lowest BCUT2D eigenvalue weighted by molar-refractivity contribution is -0.147. The van der Waals surface area contributed by atoms with Crippen molar-refractivity contribution in [3.05, 3.63) is 0 Å². The SMILES string of the molecule is CC1(C(=O)N2CC3CCC(C2)O3)CCCCN1. The molecule has 3 aliphatic rings. The van der Waals surface area contributed by atoms with Gasteiger partial charge in [-0.1, -0.05) is 0 Å². The highest BCUT2D eigenvalue weighted by molar-refractivity contribution is 5.86. The van der Waals surface area contributed by atoms with Crippen molar-refractivity contribution in [1.82, 2.24) is 10.2 Å². The molecule has 17 heavy (non-hydrogen) atoms. The summed E-state index contributed by atoms with van der Waals surface area (Å²) in [6.07, 6.45) is 6.16. The van der Waals surface area contributed by atoms with Gasteiger partial charge in [0.2, 0.25) is 5.91 Å². The van der Waals surface area contributed by atoms with Crippen molar-refractivity contribution in [2.45, 2.75) is 56.8 Å². The third kappa shape index (κ3) is 2.08. The average molecular weight is 238 g/mol. The minimum Gasteiger partial charge on any atom is -0.371 e. The molecule has 0 aromatic carbocycles. The van der Waals surface area contributed by atoms with Crippen LogP contribution in [0.4, 0.5) is 0 Å². The quantitative estimate of drug-likeness (QED) is 0.738. The van der Waals surface area contributed by atoms with Gasteiger partial charge in [-0.15, -0.1) is 0 Å². The zero-order valence-electron chi connectivity index (χ0n) is 10.6. The molecule has 0 spiro atoms. The van der Waals surface area contributed by atoms with Crippen molar-refractivity contribution < 1.29 is 9.53 Å². The van der Waals surface area contributed by atoms with Crippen LogP contribution in [0.5, 0.6) is 0 Å². The number of ether oxygens (including phenoxy) is 1. The number of nitrogens with one attached hydrogen (secondary N) is 1. The van der Waals surface area contributed by atoms with Crippen molar-refractivity contribution in [3.63, 3.8) is 0 Å². The summed E-state index contributed by atoms with van der Waals surface area (Å²) in [5.41, 5.74) is -0.324. The van der Waals surface area contributed by atoms with E-state index in [1.165, 1.54) is 6.42 Å². The fourth-order valence-corrected chi connectivity index (χ4v) is 3.37. The van der Waals surface area contributed by atoms with Gasteiger partial charge < -0.3 is 15.0 Å². The summed E-state index contributed by atoms with van der Waals surface area (Å²) in [7, 11) is 0. The van der Waals surface area contributed by atoms with Crippen molar-refractivity contribution in [3.8, 4) is 0 Å². The van der Waals surface area contributed by atoms with Gasteiger partial charge in [0.15, 0.2) is 0 Å².